The second kappa shape index (κ2) is 10.3. The molecule has 36 heavy (non-hydrogen) atoms. The summed E-state index contributed by atoms with van der Waals surface area (Å²) in [7, 11) is 1.62. The highest BCUT2D eigenvalue weighted by Crippen LogP contribution is 2.34. The Balaban J connectivity index is 1.50. The lowest BCUT2D eigenvalue weighted by Gasteiger charge is -2.14. The highest BCUT2D eigenvalue weighted by atomic mass is 32.2. The molecule has 0 spiro atoms. The second-order valence-electron chi connectivity index (χ2n) is 8.28. The van der Waals surface area contributed by atoms with Crippen LogP contribution in [-0.2, 0) is 16.1 Å². The Morgan fingerprint density at radius 2 is 2.08 bits per heavy atom. The van der Waals surface area contributed by atoms with Gasteiger partial charge in [-0.2, -0.15) is 0 Å². The molecule has 4 heterocycles. The van der Waals surface area contributed by atoms with Crippen molar-refractivity contribution in [1.29, 1.82) is 0 Å². The molecule has 186 valence electrons. The van der Waals surface area contributed by atoms with Crippen molar-refractivity contribution in [1.82, 2.24) is 14.3 Å². The summed E-state index contributed by atoms with van der Waals surface area (Å²) >= 11 is 6.61. The van der Waals surface area contributed by atoms with E-state index in [1.807, 2.05) is 31.2 Å². The van der Waals surface area contributed by atoms with Crippen molar-refractivity contribution in [2.75, 3.05) is 32.4 Å². The number of benzene rings is 1. The van der Waals surface area contributed by atoms with E-state index in [1.165, 1.54) is 16.2 Å². The maximum atomic E-state index is 13.6. The van der Waals surface area contributed by atoms with Crippen LogP contribution < -0.4 is 20.3 Å². The summed E-state index contributed by atoms with van der Waals surface area (Å²) < 4.78 is 17.9. The van der Waals surface area contributed by atoms with Crippen LogP contribution in [0.3, 0.4) is 0 Å². The number of hydrogen-bond acceptors (Lipinski definition) is 9. The van der Waals surface area contributed by atoms with Gasteiger partial charge in [0.15, 0.2) is 11.5 Å². The number of fused-ring (bicyclic) bond motifs is 2. The maximum Gasteiger partial charge on any atom is 0.267 e. The van der Waals surface area contributed by atoms with Crippen LogP contribution in [0.25, 0.3) is 11.7 Å². The highest BCUT2D eigenvalue weighted by molar-refractivity contribution is 8.26. The smallest absolute Gasteiger partial charge is 0.267 e. The molecular weight excluding hydrogens is 500 g/mol. The molecule has 1 amide bonds. The average molecular weight is 525 g/mol. The standard InChI is InChI=1S/C25H24N4O5S2/c1-15-5-3-8-28-22(15)27-21(26-13-16-6-7-18-19(11-16)34-14-33-18)17(23(28)30)12-20-24(31)29(25(35)36-20)9-4-10-32-2/h3,5-8,11-12,26H,4,9-10,13-14H2,1-2H3/b20-12-. The minimum Gasteiger partial charge on any atom is -0.454 e. The molecule has 1 aromatic carbocycles. The number of aryl methyl sites for hydroxylation is 1. The highest BCUT2D eigenvalue weighted by Gasteiger charge is 2.32. The number of carbonyl (C=O) groups is 1. The first-order valence-electron chi connectivity index (χ1n) is 11.3. The molecule has 3 aromatic rings. The summed E-state index contributed by atoms with van der Waals surface area (Å²) in [5.74, 6) is 1.53. The second-order valence-corrected chi connectivity index (χ2v) is 9.96. The number of aromatic nitrogens is 2. The van der Waals surface area contributed by atoms with Crippen molar-refractivity contribution < 1.29 is 19.0 Å². The van der Waals surface area contributed by atoms with Crippen LogP contribution in [0.4, 0.5) is 5.82 Å². The molecule has 0 bridgehead atoms. The normalized spacial score (nSPS) is 15.9. The van der Waals surface area contributed by atoms with E-state index in [4.69, 9.17) is 31.4 Å². The van der Waals surface area contributed by atoms with Crippen molar-refractivity contribution >= 4 is 51.7 Å². The first-order chi connectivity index (χ1) is 17.5. The van der Waals surface area contributed by atoms with Crippen LogP contribution in [0.5, 0.6) is 11.5 Å². The number of carbonyl (C=O) groups excluding carboxylic acids is 1. The van der Waals surface area contributed by atoms with Gasteiger partial charge in [0.05, 0.1) is 10.5 Å². The topological polar surface area (TPSA) is 94.4 Å². The fourth-order valence-corrected chi connectivity index (χ4v) is 5.29. The molecule has 0 saturated carbocycles. The van der Waals surface area contributed by atoms with E-state index in [1.54, 1.807) is 30.3 Å². The molecule has 2 aromatic heterocycles. The van der Waals surface area contributed by atoms with E-state index in [0.29, 0.717) is 58.3 Å². The average Bonchev–Trinajstić information content (AvgIpc) is 3.44. The van der Waals surface area contributed by atoms with Crippen LogP contribution in [0.15, 0.2) is 46.2 Å². The minimum atomic E-state index is -0.276. The fraction of sp³-hybridized carbons (Fsp3) is 0.280. The summed E-state index contributed by atoms with van der Waals surface area (Å²) in [6, 6.07) is 9.35. The molecule has 1 saturated heterocycles. The van der Waals surface area contributed by atoms with Gasteiger partial charge in [-0.15, -0.1) is 0 Å². The Morgan fingerprint density at radius 1 is 1.25 bits per heavy atom. The van der Waals surface area contributed by atoms with Gasteiger partial charge < -0.3 is 19.5 Å². The Labute approximate surface area is 217 Å². The SMILES string of the molecule is COCCCN1C(=O)/C(=C/c2c(NCc3ccc4c(c3)OCO4)nc3c(C)cccn3c2=O)SC1=S. The number of nitrogens with one attached hydrogen (secondary N) is 1. The number of thiocarbonyl (C=S) groups is 1. The quantitative estimate of drug-likeness (QED) is 0.270. The van der Waals surface area contributed by atoms with Crippen LogP contribution in [0, 0.1) is 6.92 Å². The van der Waals surface area contributed by atoms with Crippen molar-refractivity contribution in [3.8, 4) is 11.5 Å². The van der Waals surface area contributed by atoms with Crippen LogP contribution in [0.2, 0.25) is 0 Å². The van der Waals surface area contributed by atoms with E-state index in [2.05, 4.69) is 5.32 Å². The number of anilines is 1. The van der Waals surface area contributed by atoms with Gasteiger partial charge in [-0.1, -0.05) is 36.1 Å². The number of pyridine rings is 1. The molecule has 9 nitrogen and oxygen atoms in total. The fourth-order valence-electron chi connectivity index (χ4n) is 4.00. The molecule has 2 aliphatic heterocycles. The number of rotatable bonds is 8. The number of thioether (sulfide) groups is 1. The van der Waals surface area contributed by atoms with Gasteiger partial charge in [0.1, 0.15) is 15.8 Å². The summed E-state index contributed by atoms with van der Waals surface area (Å²) in [4.78, 5) is 33.3. The van der Waals surface area contributed by atoms with Crippen molar-refractivity contribution in [3.05, 3.63) is 68.5 Å². The molecule has 0 unspecified atom stereocenters. The van der Waals surface area contributed by atoms with Crippen LogP contribution in [-0.4, -0.2) is 51.6 Å². The molecule has 0 atom stereocenters. The van der Waals surface area contributed by atoms with Gasteiger partial charge in [-0.05, 0) is 48.7 Å². The van der Waals surface area contributed by atoms with E-state index < -0.39 is 0 Å². The number of hydrogen-bond donors (Lipinski definition) is 1. The van der Waals surface area contributed by atoms with E-state index in [0.717, 1.165) is 11.1 Å². The summed E-state index contributed by atoms with van der Waals surface area (Å²) in [6.45, 7) is 3.47. The Hall–Kier alpha value is -3.41. The first kappa shape index (κ1) is 24.3. The Bertz CT molecular complexity index is 1450. The van der Waals surface area contributed by atoms with Gasteiger partial charge in [0, 0.05) is 33.0 Å². The van der Waals surface area contributed by atoms with Crippen LogP contribution >= 0.6 is 24.0 Å². The number of amides is 1. The van der Waals surface area contributed by atoms with E-state index >= 15 is 0 Å². The number of ether oxygens (including phenoxy) is 3. The van der Waals surface area contributed by atoms with Crippen molar-refractivity contribution in [2.24, 2.45) is 0 Å². The molecule has 5 rings (SSSR count). The Kier molecular flexibility index (Phi) is 6.95. The third-order valence-electron chi connectivity index (χ3n) is 5.86. The molecule has 2 aliphatic rings. The van der Waals surface area contributed by atoms with Gasteiger partial charge >= 0.3 is 0 Å². The summed E-state index contributed by atoms with van der Waals surface area (Å²) in [5, 5.41) is 3.29. The first-order valence-corrected chi connectivity index (χ1v) is 12.6. The van der Waals surface area contributed by atoms with E-state index in [9.17, 15) is 9.59 Å². The van der Waals surface area contributed by atoms with Crippen molar-refractivity contribution in [2.45, 2.75) is 19.9 Å². The zero-order chi connectivity index (χ0) is 25.2. The molecule has 11 heteroatoms. The summed E-state index contributed by atoms with van der Waals surface area (Å²) in [6.07, 6.45) is 3.92. The predicted molar refractivity (Wildman–Crippen MR) is 142 cm³/mol. The van der Waals surface area contributed by atoms with E-state index in [-0.39, 0.29) is 23.8 Å². The molecule has 1 fully saturated rings. The molecule has 0 radical (unpaired) electrons. The third-order valence-corrected chi connectivity index (χ3v) is 7.24. The molecular formula is C25H24N4O5S2. The summed E-state index contributed by atoms with van der Waals surface area (Å²) in [5.41, 5.74) is 2.34. The molecule has 1 N–H and O–H groups in total. The third kappa shape index (κ3) is 4.69. The monoisotopic (exact) mass is 524 g/mol. The largest absolute Gasteiger partial charge is 0.454 e. The van der Waals surface area contributed by atoms with Gasteiger partial charge in [-0.3, -0.25) is 18.9 Å². The van der Waals surface area contributed by atoms with Crippen LogP contribution in [0.1, 0.15) is 23.1 Å². The van der Waals surface area contributed by atoms with Gasteiger partial charge in [-0.25, -0.2) is 4.98 Å². The molecule has 0 aliphatic carbocycles. The lowest BCUT2D eigenvalue weighted by molar-refractivity contribution is -0.122. The minimum absolute atomic E-state index is 0.197. The van der Waals surface area contributed by atoms with Gasteiger partial charge in [0.2, 0.25) is 6.79 Å². The lowest BCUT2D eigenvalue weighted by Crippen LogP contribution is -2.29. The number of methoxy groups -OCH3 is 1. The predicted octanol–water partition coefficient (Wildman–Crippen LogP) is 3.58. The zero-order valence-electron chi connectivity index (χ0n) is 19.8. The lowest BCUT2D eigenvalue weighted by atomic mass is 10.2. The zero-order valence-corrected chi connectivity index (χ0v) is 21.4. The Morgan fingerprint density at radius 3 is 2.92 bits per heavy atom. The maximum absolute atomic E-state index is 13.6. The van der Waals surface area contributed by atoms with Gasteiger partial charge in [0.25, 0.3) is 11.5 Å². The number of nitrogens with zero attached hydrogens (tertiary/aromatic N) is 3. The van der Waals surface area contributed by atoms with Crippen molar-refractivity contribution in [3.63, 3.8) is 0 Å².